The molecule has 0 saturated carbocycles. The predicted octanol–water partition coefficient (Wildman–Crippen LogP) is 4.01. The Morgan fingerprint density at radius 1 is 1.32 bits per heavy atom. The molecule has 1 amide bonds. The molecule has 0 aromatic heterocycles. The molecule has 19 heavy (non-hydrogen) atoms. The summed E-state index contributed by atoms with van der Waals surface area (Å²) in [5, 5.41) is 2.94. The lowest BCUT2D eigenvalue weighted by Gasteiger charge is -2.14. The van der Waals surface area contributed by atoms with Gasteiger partial charge in [0, 0.05) is 17.8 Å². The third-order valence-corrected chi connectivity index (χ3v) is 2.94. The van der Waals surface area contributed by atoms with Gasteiger partial charge in [0.2, 0.25) is 5.91 Å². The van der Waals surface area contributed by atoms with Crippen LogP contribution in [0.3, 0.4) is 0 Å². The van der Waals surface area contributed by atoms with Crippen molar-refractivity contribution in [3.05, 3.63) is 23.8 Å². The Kier molecular flexibility index (Phi) is 7.53. The van der Waals surface area contributed by atoms with Crippen molar-refractivity contribution in [2.75, 3.05) is 11.1 Å². The molecule has 0 heterocycles. The van der Waals surface area contributed by atoms with Gasteiger partial charge < -0.3 is 11.1 Å². The number of benzene rings is 1. The predicted molar refractivity (Wildman–Crippen MR) is 84.7 cm³/mol. The van der Waals surface area contributed by atoms with Crippen LogP contribution in [-0.4, -0.2) is 5.91 Å². The van der Waals surface area contributed by atoms with E-state index < -0.39 is 0 Å². The summed E-state index contributed by atoms with van der Waals surface area (Å²) in [6.07, 6.45) is 1.63. The smallest absolute Gasteiger partial charge is 0.224 e. The van der Waals surface area contributed by atoms with Gasteiger partial charge >= 0.3 is 0 Å². The summed E-state index contributed by atoms with van der Waals surface area (Å²) in [4.78, 5) is 11.9. The summed E-state index contributed by atoms with van der Waals surface area (Å²) >= 11 is 0. The Morgan fingerprint density at radius 2 is 1.95 bits per heavy atom. The summed E-state index contributed by atoms with van der Waals surface area (Å²) in [6, 6.07) is 5.56. The first-order valence-corrected chi connectivity index (χ1v) is 6.54. The van der Waals surface area contributed by atoms with Gasteiger partial charge in [0.25, 0.3) is 0 Å². The largest absolute Gasteiger partial charge is 0.399 e. The zero-order valence-electron chi connectivity index (χ0n) is 12.2. The Balaban J connectivity index is 0.00000324. The normalized spacial score (nSPS) is 11.8. The van der Waals surface area contributed by atoms with Crippen LogP contribution in [0, 0.1) is 18.8 Å². The maximum Gasteiger partial charge on any atom is 0.224 e. The maximum atomic E-state index is 11.9. The SMILES string of the molecule is Cc1ccc(N)cc1NC(=O)CC(C)CC(C)C.Cl. The molecule has 0 fully saturated rings. The molecule has 0 aliphatic rings. The summed E-state index contributed by atoms with van der Waals surface area (Å²) in [7, 11) is 0. The second-order valence-corrected chi connectivity index (χ2v) is 5.56. The molecule has 0 bridgehead atoms. The van der Waals surface area contributed by atoms with Crippen molar-refractivity contribution in [3.63, 3.8) is 0 Å². The minimum atomic E-state index is 0. The van der Waals surface area contributed by atoms with Crippen molar-refractivity contribution in [3.8, 4) is 0 Å². The summed E-state index contributed by atoms with van der Waals surface area (Å²) in [5.41, 5.74) is 8.24. The van der Waals surface area contributed by atoms with E-state index in [1.54, 1.807) is 6.07 Å². The van der Waals surface area contributed by atoms with E-state index in [9.17, 15) is 4.79 Å². The molecular weight excluding hydrogens is 260 g/mol. The highest BCUT2D eigenvalue weighted by Gasteiger charge is 2.11. The summed E-state index contributed by atoms with van der Waals surface area (Å²) < 4.78 is 0. The first kappa shape index (κ1) is 17.8. The molecule has 4 heteroatoms. The maximum absolute atomic E-state index is 11.9. The number of carbonyl (C=O) groups excluding carboxylic acids is 1. The summed E-state index contributed by atoms with van der Waals surface area (Å²) in [6.45, 7) is 8.44. The van der Waals surface area contributed by atoms with E-state index in [1.165, 1.54) is 0 Å². The highest BCUT2D eigenvalue weighted by Crippen LogP contribution is 2.20. The quantitative estimate of drug-likeness (QED) is 0.803. The van der Waals surface area contributed by atoms with Gasteiger partial charge in [-0.05, 0) is 42.9 Å². The van der Waals surface area contributed by atoms with Crippen LogP contribution < -0.4 is 11.1 Å². The minimum absolute atomic E-state index is 0. The van der Waals surface area contributed by atoms with Crippen LogP contribution in [0.5, 0.6) is 0 Å². The zero-order chi connectivity index (χ0) is 13.7. The molecule has 1 rings (SSSR count). The highest BCUT2D eigenvalue weighted by atomic mass is 35.5. The Hall–Kier alpha value is -1.22. The second-order valence-electron chi connectivity index (χ2n) is 5.56. The monoisotopic (exact) mass is 284 g/mol. The molecule has 3 N–H and O–H groups in total. The molecule has 3 nitrogen and oxygen atoms in total. The molecule has 0 aliphatic carbocycles. The van der Waals surface area contributed by atoms with E-state index >= 15 is 0 Å². The lowest BCUT2D eigenvalue weighted by atomic mass is 9.96. The van der Waals surface area contributed by atoms with Crippen LogP contribution in [0.25, 0.3) is 0 Å². The highest BCUT2D eigenvalue weighted by molar-refractivity contribution is 5.92. The Labute approximate surface area is 122 Å². The van der Waals surface area contributed by atoms with Gasteiger partial charge in [-0.3, -0.25) is 4.79 Å². The topological polar surface area (TPSA) is 55.1 Å². The molecule has 108 valence electrons. The number of hydrogen-bond donors (Lipinski definition) is 2. The average molecular weight is 285 g/mol. The van der Waals surface area contributed by atoms with Gasteiger partial charge in [-0.1, -0.05) is 26.8 Å². The number of halogens is 1. The van der Waals surface area contributed by atoms with Gasteiger partial charge in [-0.15, -0.1) is 12.4 Å². The van der Waals surface area contributed by atoms with Gasteiger partial charge in [0.05, 0.1) is 0 Å². The van der Waals surface area contributed by atoms with E-state index in [2.05, 4.69) is 26.1 Å². The third kappa shape index (κ3) is 6.48. The number of hydrogen-bond acceptors (Lipinski definition) is 2. The number of carbonyl (C=O) groups is 1. The van der Waals surface area contributed by atoms with Crippen molar-refractivity contribution >= 4 is 29.7 Å². The molecule has 1 atom stereocenters. The van der Waals surface area contributed by atoms with Crippen LogP contribution in [0.4, 0.5) is 11.4 Å². The van der Waals surface area contributed by atoms with Gasteiger partial charge in [-0.2, -0.15) is 0 Å². The fraction of sp³-hybridized carbons (Fsp3) is 0.533. The molecule has 0 spiro atoms. The number of amides is 1. The molecular formula is C15H25ClN2O. The fourth-order valence-corrected chi connectivity index (χ4v) is 2.18. The van der Waals surface area contributed by atoms with Gasteiger partial charge in [-0.25, -0.2) is 0 Å². The van der Waals surface area contributed by atoms with Gasteiger partial charge in [0.15, 0.2) is 0 Å². The van der Waals surface area contributed by atoms with E-state index in [0.717, 1.165) is 17.7 Å². The first-order valence-electron chi connectivity index (χ1n) is 6.54. The van der Waals surface area contributed by atoms with Crippen molar-refractivity contribution < 1.29 is 4.79 Å². The molecule has 1 aromatic carbocycles. The molecule has 0 aliphatic heterocycles. The fourth-order valence-electron chi connectivity index (χ4n) is 2.18. The lowest BCUT2D eigenvalue weighted by Crippen LogP contribution is -2.16. The van der Waals surface area contributed by atoms with E-state index in [4.69, 9.17) is 5.73 Å². The zero-order valence-corrected chi connectivity index (χ0v) is 13.0. The third-order valence-electron chi connectivity index (χ3n) is 2.94. The summed E-state index contributed by atoms with van der Waals surface area (Å²) in [5.74, 6) is 1.10. The van der Waals surface area contributed by atoms with E-state index in [-0.39, 0.29) is 18.3 Å². The van der Waals surface area contributed by atoms with Crippen LogP contribution in [-0.2, 0) is 4.79 Å². The lowest BCUT2D eigenvalue weighted by molar-refractivity contribution is -0.117. The van der Waals surface area contributed by atoms with Gasteiger partial charge in [0.1, 0.15) is 0 Å². The number of nitrogens with one attached hydrogen (secondary N) is 1. The Morgan fingerprint density at radius 3 is 2.53 bits per heavy atom. The Bertz CT molecular complexity index is 419. The molecule has 0 radical (unpaired) electrons. The number of anilines is 2. The number of nitrogens with two attached hydrogens (primary N) is 1. The van der Waals surface area contributed by atoms with Crippen LogP contribution in [0.1, 0.15) is 39.2 Å². The van der Waals surface area contributed by atoms with E-state index in [1.807, 2.05) is 19.1 Å². The molecule has 1 unspecified atom stereocenters. The standard InChI is InChI=1S/C15H24N2O.ClH/c1-10(2)7-11(3)8-15(18)17-14-9-13(16)6-5-12(14)4;/h5-6,9-11H,7-8,16H2,1-4H3,(H,17,18);1H. The molecule has 0 saturated heterocycles. The van der Waals surface area contributed by atoms with Crippen LogP contribution >= 0.6 is 12.4 Å². The van der Waals surface area contributed by atoms with Crippen molar-refractivity contribution in [1.82, 2.24) is 0 Å². The van der Waals surface area contributed by atoms with Crippen LogP contribution in [0.2, 0.25) is 0 Å². The second kappa shape index (κ2) is 8.05. The minimum Gasteiger partial charge on any atom is -0.399 e. The average Bonchev–Trinajstić information content (AvgIpc) is 2.21. The first-order chi connectivity index (χ1) is 8.38. The van der Waals surface area contributed by atoms with Crippen molar-refractivity contribution in [1.29, 1.82) is 0 Å². The number of rotatable bonds is 5. The van der Waals surface area contributed by atoms with Crippen LogP contribution in [0.15, 0.2) is 18.2 Å². The molecule has 1 aromatic rings. The van der Waals surface area contributed by atoms with Crippen molar-refractivity contribution in [2.45, 2.75) is 40.5 Å². The van der Waals surface area contributed by atoms with Crippen molar-refractivity contribution in [2.24, 2.45) is 11.8 Å². The van der Waals surface area contributed by atoms with E-state index in [0.29, 0.717) is 23.9 Å². The number of nitrogen functional groups attached to an aromatic ring is 1. The number of aryl methyl sites for hydroxylation is 1.